The first kappa shape index (κ1) is 32.5. The van der Waals surface area contributed by atoms with Gasteiger partial charge in [-0.3, -0.25) is 13.9 Å². The largest absolute Gasteiger partial charge is 0.495 e. The van der Waals surface area contributed by atoms with Crippen LogP contribution in [0.25, 0.3) is 0 Å². The SMILES string of the molecule is COc1ccc(N(CC(=O)N(Cc2ccc(Cl)c(Cl)c2)[C@H](C)C(=O)NCC(C)C)S(=O)(=O)c2ccccc2)cc1Cl. The van der Waals surface area contributed by atoms with Crippen LogP contribution in [0.5, 0.6) is 5.75 Å². The Balaban J connectivity index is 2.05. The molecule has 3 aromatic carbocycles. The fraction of sp³-hybridized carbons (Fsp3) is 0.310. The summed E-state index contributed by atoms with van der Waals surface area (Å²) in [4.78, 5) is 28.4. The molecule has 2 amide bonds. The highest BCUT2D eigenvalue weighted by atomic mass is 35.5. The minimum Gasteiger partial charge on any atom is -0.495 e. The van der Waals surface area contributed by atoms with Gasteiger partial charge in [-0.2, -0.15) is 0 Å². The maximum atomic E-state index is 14.0. The molecule has 1 N–H and O–H groups in total. The summed E-state index contributed by atoms with van der Waals surface area (Å²) in [7, 11) is -2.78. The third kappa shape index (κ3) is 8.29. The molecule has 3 aromatic rings. The Bertz CT molecular complexity index is 1490. The fourth-order valence-electron chi connectivity index (χ4n) is 3.93. The number of halogens is 3. The number of nitrogens with zero attached hydrogens (tertiary/aromatic N) is 2. The molecule has 220 valence electrons. The summed E-state index contributed by atoms with van der Waals surface area (Å²) in [6.45, 7) is 5.28. The molecule has 0 fully saturated rings. The van der Waals surface area contributed by atoms with Gasteiger partial charge in [0.15, 0.2) is 0 Å². The number of nitrogens with one attached hydrogen (secondary N) is 1. The lowest BCUT2D eigenvalue weighted by Gasteiger charge is -2.32. The Morgan fingerprint density at radius 2 is 1.59 bits per heavy atom. The van der Waals surface area contributed by atoms with Gasteiger partial charge < -0.3 is 15.0 Å². The van der Waals surface area contributed by atoms with Crippen LogP contribution in [-0.2, 0) is 26.2 Å². The molecule has 0 saturated carbocycles. The molecule has 0 unspecified atom stereocenters. The van der Waals surface area contributed by atoms with Crippen LogP contribution in [-0.4, -0.2) is 51.4 Å². The van der Waals surface area contributed by atoms with E-state index < -0.39 is 28.5 Å². The Labute approximate surface area is 256 Å². The smallest absolute Gasteiger partial charge is 0.264 e. The lowest BCUT2D eigenvalue weighted by Crippen LogP contribution is -2.51. The number of benzene rings is 3. The van der Waals surface area contributed by atoms with E-state index in [4.69, 9.17) is 39.5 Å². The minimum absolute atomic E-state index is 0.0153. The summed E-state index contributed by atoms with van der Waals surface area (Å²) in [5.41, 5.74) is 0.764. The summed E-state index contributed by atoms with van der Waals surface area (Å²) in [5.74, 6) is -0.459. The Hall–Kier alpha value is -2.98. The third-order valence-corrected chi connectivity index (χ3v) is 9.04. The van der Waals surface area contributed by atoms with E-state index in [1.54, 1.807) is 43.3 Å². The van der Waals surface area contributed by atoms with Gasteiger partial charge >= 0.3 is 0 Å². The van der Waals surface area contributed by atoms with E-state index in [0.29, 0.717) is 22.9 Å². The molecule has 0 heterocycles. The van der Waals surface area contributed by atoms with Gasteiger partial charge in [0.1, 0.15) is 18.3 Å². The standard InChI is InChI=1S/C29H32Cl3N3O5S/c1-19(2)16-33-29(37)20(3)34(17-21-10-12-24(30)25(31)14-21)28(36)18-35(22-11-13-27(40-4)26(32)15-22)41(38,39)23-8-6-5-7-9-23/h5-15,19-20H,16-18H2,1-4H3,(H,33,37)/t20-/m1/s1. The number of hydrogen-bond donors (Lipinski definition) is 1. The van der Waals surface area contributed by atoms with Gasteiger partial charge in [-0.15, -0.1) is 0 Å². The van der Waals surface area contributed by atoms with E-state index in [9.17, 15) is 18.0 Å². The van der Waals surface area contributed by atoms with Crippen molar-refractivity contribution < 1.29 is 22.7 Å². The van der Waals surface area contributed by atoms with E-state index >= 15 is 0 Å². The highest BCUT2D eigenvalue weighted by Crippen LogP contribution is 2.32. The molecule has 0 aliphatic carbocycles. The van der Waals surface area contributed by atoms with Crippen molar-refractivity contribution in [2.45, 2.75) is 38.3 Å². The molecule has 0 bridgehead atoms. The molecule has 0 spiro atoms. The van der Waals surface area contributed by atoms with Crippen LogP contribution in [0.4, 0.5) is 5.69 Å². The van der Waals surface area contributed by atoms with Crippen LogP contribution in [0.2, 0.25) is 15.1 Å². The zero-order valence-electron chi connectivity index (χ0n) is 23.1. The van der Waals surface area contributed by atoms with E-state index in [1.165, 1.54) is 42.3 Å². The van der Waals surface area contributed by atoms with Gasteiger partial charge in [0.25, 0.3) is 10.0 Å². The predicted molar refractivity (Wildman–Crippen MR) is 163 cm³/mol. The van der Waals surface area contributed by atoms with Crippen LogP contribution in [0.1, 0.15) is 26.3 Å². The molecule has 0 aliphatic rings. The number of methoxy groups -OCH3 is 1. The minimum atomic E-state index is -4.22. The molecule has 0 radical (unpaired) electrons. The van der Waals surface area contributed by atoms with Gasteiger partial charge in [-0.25, -0.2) is 8.42 Å². The second-order valence-electron chi connectivity index (χ2n) is 9.73. The average molecular weight is 641 g/mol. The molecule has 1 atom stereocenters. The molecule has 0 saturated heterocycles. The van der Waals surface area contributed by atoms with E-state index in [1.807, 2.05) is 13.8 Å². The van der Waals surface area contributed by atoms with Crippen LogP contribution < -0.4 is 14.4 Å². The Morgan fingerprint density at radius 1 is 0.902 bits per heavy atom. The second kappa shape index (κ2) is 14.3. The second-order valence-corrected chi connectivity index (χ2v) is 12.8. The quantitative estimate of drug-likeness (QED) is 0.261. The lowest BCUT2D eigenvalue weighted by atomic mass is 10.1. The molecule has 3 rings (SSSR count). The number of rotatable bonds is 12. The summed E-state index contributed by atoms with van der Waals surface area (Å²) < 4.78 is 33.9. The van der Waals surface area contributed by atoms with Crippen molar-refractivity contribution in [2.24, 2.45) is 5.92 Å². The molecule has 0 aliphatic heterocycles. The number of hydrogen-bond acceptors (Lipinski definition) is 5. The summed E-state index contributed by atoms with van der Waals surface area (Å²) in [6, 6.07) is 16.1. The lowest BCUT2D eigenvalue weighted by molar-refractivity contribution is -0.139. The number of ether oxygens (including phenoxy) is 1. The van der Waals surface area contributed by atoms with Crippen LogP contribution in [0.3, 0.4) is 0 Å². The maximum Gasteiger partial charge on any atom is 0.264 e. The number of carbonyl (C=O) groups excluding carboxylic acids is 2. The highest BCUT2D eigenvalue weighted by Gasteiger charge is 2.33. The first-order valence-corrected chi connectivity index (χ1v) is 15.3. The van der Waals surface area contributed by atoms with Crippen LogP contribution in [0.15, 0.2) is 71.6 Å². The topological polar surface area (TPSA) is 96.0 Å². The molecular weight excluding hydrogens is 609 g/mol. The van der Waals surface area contributed by atoms with E-state index in [0.717, 1.165) is 4.31 Å². The van der Waals surface area contributed by atoms with Crippen molar-refractivity contribution in [1.82, 2.24) is 10.2 Å². The number of sulfonamides is 1. The summed E-state index contributed by atoms with van der Waals surface area (Å²) >= 11 is 18.6. The van der Waals surface area contributed by atoms with Crippen molar-refractivity contribution in [3.63, 3.8) is 0 Å². The Morgan fingerprint density at radius 3 is 2.17 bits per heavy atom. The predicted octanol–water partition coefficient (Wildman–Crippen LogP) is 6.04. The van der Waals surface area contributed by atoms with Gasteiger partial charge in [-0.05, 0) is 60.9 Å². The monoisotopic (exact) mass is 639 g/mol. The van der Waals surface area contributed by atoms with Gasteiger partial charge in [0.2, 0.25) is 11.8 Å². The molecular formula is C29H32Cl3N3O5S. The third-order valence-electron chi connectivity index (χ3n) is 6.22. The number of amides is 2. The normalized spacial score (nSPS) is 12.1. The van der Waals surface area contributed by atoms with Crippen molar-refractivity contribution in [3.05, 3.63) is 87.4 Å². The maximum absolute atomic E-state index is 14.0. The summed E-state index contributed by atoms with van der Waals surface area (Å²) in [6.07, 6.45) is 0. The molecule has 12 heteroatoms. The van der Waals surface area contributed by atoms with Gasteiger partial charge in [0, 0.05) is 13.1 Å². The van der Waals surface area contributed by atoms with Crippen molar-refractivity contribution in [2.75, 3.05) is 24.5 Å². The Kier molecular flexibility index (Phi) is 11.3. The van der Waals surface area contributed by atoms with Gasteiger partial charge in [-0.1, -0.05) is 72.9 Å². The number of carbonyl (C=O) groups is 2. The molecule has 41 heavy (non-hydrogen) atoms. The fourth-order valence-corrected chi connectivity index (χ4v) is 5.93. The first-order chi connectivity index (χ1) is 19.3. The number of anilines is 1. The zero-order valence-corrected chi connectivity index (χ0v) is 26.2. The zero-order chi connectivity index (χ0) is 30.3. The molecule has 8 nitrogen and oxygen atoms in total. The van der Waals surface area contributed by atoms with E-state index in [2.05, 4.69) is 5.32 Å². The average Bonchev–Trinajstić information content (AvgIpc) is 2.94. The van der Waals surface area contributed by atoms with Crippen molar-refractivity contribution in [1.29, 1.82) is 0 Å². The van der Waals surface area contributed by atoms with Crippen LogP contribution >= 0.6 is 34.8 Å². The molecule has 0 aromatic heterocycles. The summed E-state index contributed by atoms with van der Waals surface area (Å²) in [5, 5.41) is 3.64. The van der Waals surface area contributed by atoms with Gasteiger partial charge in [0.05, 0.1) is 32.8 Å². The highest BCUT2D eigenvalue weighted by molar-refractivity contribution is 7.92. The van der Waals surface area contributed by atoms with Crippen molar-refractivity contribution >= 4 is 62.3 Å². The van der Waals surface area contributed by atoms with Crippen molar-refractivity contribution in [3.8, 4) is 5.75 Å². The first-order valence-electron chi connectivity index (χ1n) is 12.8. The van der Waals surface area contributed by atoms with Crippen LogP contribution in [0, 0.1) is 5.92 Å². The van der Waals surface area contributed by atoms with E-state index in [-0.39, 0.29) is 39.0 Å².